The number of aromatic nitrogens is 2. The van der Waals surface area contributed by atoms with E-state index in [1.807, 2.05) is 61.5 Å². The summed E-state index contributed by atoms with van der Waals surface area (Å²) in [6.07, 6.45) is 4.63. The van der Waals surface area contributed by atoms with Crippen molar-refractivity contribution < 1.29 is 13.9 Å². The van der Waals surface area contributed by atoms with Gasteiger partial charge in [-0.3, -0.25) is 4.79 Å². The Morgan fingerprint density at radius 3 is 2.55 bits per heavy atom. The van der Waals surface area contributed by atoms with Crippen LogP contribution >= 0.6 is 0 Å². The minimum Gasteiger partial charge on any atom is -0.481 e. The normalized spacial score (nSPS) is 15.7. The van der Waals surface area contributed by atoms with Crippen LogP contribution in [0.5, 0.6) is 5.88 Å². The van der Waals surface area contributed by atoms with Crippen LogP contribution in [0.15, 0.2) is 53.1 Å². The first-order valence-electron chi connectivity index (χ1n) is 11.5. The van der Waals surface area contributed by atoms with Crippen molar-refractivity contribution >= 4 is 5.91 Å². The van der Waals surface area contributed by atoms with Crippen molar-refractivity contribution in [3.63, 3.8) is 0 Å². The molecule has 0 spiro atoms. The van der Waals surface area contributed by atoms with Gasteiger partial charge in [-0.05, 0) is 51.9 Å². The van der Waals surface area contributed by atoms with E-state index < -0.39 is 0 Å². The number of aryl methyl sites for hydroxylation is 1. The van der Waals surface area contributed by atoms with Gasteiger partial charge >= 0.3 is 0 Å². The lowest BCUT2D eigenvalue weighted by molar-refractivity contribution is -0.137. The summed E-state index contributed by atoms with van der Waals surface area (Å²) in [5.74, 6) is 2.20. The Bertz CT molecular complexity index is 1050. The number of fused-ring (bicyclic) bond motifs is 1. The largest absolute Gasteiger partial charge is 0.481 e. The van der Waals surface area contributed by atoms with Crippen molar-refractivity contribution in [3.05, 3.63) is 65.7 Å². The number of carbonyl (C=O) groups excluding carboxylic acids is 1. The molecule has 4 rings (SSSR count). The van der Waals surface area contributed by atoms with Gasteiger partial charge in [0.05, 0.1) is 25.6 Å². The highest BCUT2D eigenvalue weighted by molar-refractivity contribution is 5.79. The Hall–Kier alpha value is -3.19. The number of rotatable bonds is 8. The molecular weight excluding hydrogens is 416 g/mol. The van der Waals surface area contributed by atoms with Crippen LogP contribution in [0.2, 0.25) is 0 Å². The summed E-state index contributed by atoms with van der Waals surface area (Å²) in [6.45, 7) is 1.96. The first-order valence-corrected chi connectivity index (χ1v) is 11.5. The molecule has 0 saturated carbocycles. The third-order valence-electron chi connectivity index (χ3n) is 6.16. The number of hydrogen-bond acceptors (Lipinski definition) is 6. The van der Waals surface area contributed by atoms with E-state index in [0.717, 1.165) is 54.8 Å². The van der Waals surface area contributed by atoms with Crippen molar-refractivity contribution in [1.29, 1.82) is 0 Å². The molecule has 2 aromatic heterocycles. The summed E-state index contributed by atoms with van der Waals surface area (Å²) in [7, 11) is 5.69. The lowest BCUT2D eigenvalue weighted by Gasteiger charge is -2.27. The second-order valence-electron chi connectivity index (χ2n) is 8.76. The van der Waals surface area contributed by atoms with Crippen LogP contribution in [-0.4, -0.2) is 60.0 Å². The van der Waals surface area contributed by atoms with Crippen molar-refractivity contribution in [2.75, 3.05) is 34.3 Å². The van der Waals surface area contributed by atoms with Gasteiger partial charge in [0.25, 0.3) is 0 Å². The van der Waals surface area contributed by atoms with Crippen molar-refractivity contribution in [2.45, 2.75) is 32.2 Å². The molecule has 3 aromatic rings. The quantitative estimate of drug-likeness (QED) is 0.488. The molecule has 1 aliphatic rings. The Balaban J connectivity index is 1.53. The number of nitrogens with zero attached hydrogens (tertiary/aromatic N) is 4. The van der Waals surface area contributed by atoms with E-state index in [0.29, 0.717) is 24.8 Å². The minimum absolute atomic E-state index is 0.0683. The van der Waals surface area contributed by atoms with E-state index in [4.69, 9.17) is 14.1 Å². The summed E-state index contributed by atoms with van der Waals surface area (Å²) in [5, 5.41) is 0. The lowest BCUT2D eigenvalue weighted by Crippen LogP contribution is -2.40. The summed E-state index contributed by atoms with van der Waals surface area (Å²) < 4.78 is 11.2. The maximum Gasteiger partial charge on any atom is 0.226 e. The van der Waals surface area contributed by atoms with Gasteiger partial charge in [-0.25, -0.2) is 4.98 Å². The highest BCUT2D eigenvalue weighted by atomic mass is 16.5. The topological polar surface area (TPSA) is 71.7 Å². The molecule has 0 aliphatic heterocycles. The number of methoxy groups -OCH3 is 1. The third kappa shape index (κ3) is 5.60. The molecule has 0 bridgehead atoms. The van der Waals surface area contributed by atoms with Crippen LogP contribution in [0.1, 0.15) is 29.9 Å². The van der Waals surface area contributed by atoms with Gasteiger partial charge in [0, 0.05) is 30.1 Å². The van der Waals surface area contributed by atoms with E-state index in [-0.39, 0.29) is 11.8 Å². The van der Waals surface area contributed by atoms with Gasteiger partial charge in [-0.1, -0.05) is 30.3 Å². The molecule has 0 radical (unpaired) electrons. The van der Waals surface area contributed by atoms with Crippen LogP contribution in [-0.2, 0) is 24.2 Å². The van der Waals surface area contributed by atoms with E-state index in [1.165, 1.54) is 0 Å². The zero-order chi connectivity index (χ0) is 23.2. The molecule has 0 fully saturated rings. The van der Waals surface area contributed by atoms with Gasteiger partial charge < -0.3 is 19.0 Å². The number of amides is 1. The predicted octanol–water partition coefficient (Wildman–Crippen LogP) is 3.83. The molecule has 33 heavy (non-hydrogen) atoms. The molecule has 2 heterocycles. The molecule has 1 unspecified atom stereocenters. The molecule has 7 heteroatoms. The first kappa shape index (κ1) is 23.0. The summed E-state index contributed by atoms with van der Waals surface area (Å²) >= 11 is 0. The molecule has 1 aliphatic carbocycles. The highest BCUT2D eigenvalue weighted by Crippen LogP contribution is 2.32. The molecular formula is C26H32N4O3. The van der Waals surface area contributed by atoms with Crippen LogP contribution in [0.25, 0.3) is 11.4 Å². The number of carbonyl (C=O) groups is 1. The number of likely N-dealkylation sites (N-methyl/N-ethyl adjacent to an activating group) is 1. The second kappa shape index (κ2) is 10.6. The van der Waals surface area contributed by atoms with Gasteiger partial charge in [0.15, 0.2) is 5.82 Å². The third-order valence-corrected chi connectivity index (χ3v) is 6.16. The average molecular weight is 449 g/mol. The van der Waals surface area contributed by atoms with Crippen LogP contribution < -0.4 is 4.74 Å². The molecule has 1 amide bonds. The van der Waals surface area contributed by atoms with Gasteiger partial charge in [-0.15, -0.1) is 0 Å². The van der Waals surface area contributed by atoms with Crippen molar-refractivity contribution in [3.8, 4) is 17.3 Å². The van der Waals surface area contributed by atoms with Crippen LogP contribution in [0, 0.1) is 5.92 Å². The fraction of sp³-hybridized carbons (Fsp3) is 0.423. The number of ether oxygens (including phenoxy) is 1. The molecule has 0 N–H and O–H groups in total. The Kier molecular flexibility index (Phi) is 7.40. The van der Waals surface area contributed by atoms with E-state index in [9.17, 15) is 4.79 Å². The highest BCUT2D eigenvalue weighted by Gasteiger charge is 2.29. The summed E-state index contributed by atoms with van der Waals surface area (Å²) in [4.78, 5) is 27.2. The summed E-state index contributed by atoms with van der Waals surface area (Å²) in [5.41, 5.74) is 2.98. The van der Waals surface area contributed by atoms with Gasteiger partial charge in [0.2, 0.25) is 11.8 Å². The summed E-state index contributed by atoms with van der Waals surface area (Å²) in [6, 6.07) is 13.7. The van der Waals surface area contributed by atoms with Crippen molar-refractivity contribution in [2.24, 2.45) is 5.92 Å². The number of furan rings is 1. The molecule has 1 atom stereocenters. The number of hydrogen-bond donors (Lipinski definition) is 0. The zero-order valence-electron chi connectivity index (χ0n) is 19.7. The Labute approximate surface area is 195 Å². The standard InChI is InChI=1S/C26H32N4O3/c1-29(2)15-16-30(18-21-10-7-17-33-21)26(31)20-11-13-22-23(14-12-20)27-24(28-25(22)32-3)19-8-5-4-6-9-19/h4-10,17,20H,11-16,18H2,1-3H3. The van der Waals surface area contributed by atoms with Gasteiger partial charge in [0.1, 0.15) is 5.76 Å². The minimum atomic E-state index is -0.0683. The maximum atomic E-state index is 13.6. The molecule has 174 valence electrons. The fourth-order valence-electron chi connectivity index (χ4n) is 4.31. The van der Waals surface area contributed by atoms with Crippen LogP contribution in [0.4, 0.5) is 0 Å². The second-order valence-corrected chi connectivity index (χ2v) is 8.76. The lowest BCUT2D eigenvalue weighted by atomic mass is 9.98. The smallest absolute Gasteiger partial charge is 0.226 e. The Morgan fingerprint density at radius 2 is 1.85 bits per heavy atom. The number of benzene rings is 1. The zero-order valence-corrected chi connectivity index (χ0v) is 19.7. The average Bonchev–Trinajstić information content (AvgIpc) is 3.25. The van der Waals surface area contributed by atoms with E-state index in [2.05, 4.69) is 9.88 Å². The monoisotopic (exact) mass is 448 g/mol. The van der Waals surface area contributed by atoms with Crippen LogP contribution in [0.3, 0.4) is 0 Å². The van der Waals surface area contributed by atoms with E-state index in [1.54, 1.807) is 13.4 Å². The molecule has 7 nitrogen and oxygen atoms in total. The maximum absolute atomic E-state index is 13.6. The Morgan fingerprint density at radius 1 is 1.06 bits per heavy atom. The molecule has 1 aromatic carbocycles. The van der Waals surface area contributed by atoms with E-state index >= 15 is 0 Å². The molecule has 0 saturated heterocycles. The predicted molar refractivity (Wildman–Crippen MR) is 127 cm³/mol. The van der Waals surface area contributed by atoms with Gasteiger partial charge in [-0.2, -0.15) is 4.98 Å². The fourth-order valence-corrected chi connectivity index (χ4v) is 4.31. The first-order chi connectivity index (χ1) is 16.0. The van der Waals surface area contributed by atoms with Crippen molar-refractivity contribution in [1.82, 2.24) is 19.8 Å². The SMILES string of the molecule is COc1nc(-c2ccccc2)nc2c1CCC(C(=O)N(CCN(C)C)Cc1ccco1)CC2.